The van der Waals surface area contributed by atoms with Gasteiger partial charge in [0.25, 0.3) is 5.91 Å². The number of rotatable bonds is 9. The van der Waals surface area contributed by atoms with Crippen LogP contribution in [-0.4, -0.2) is 12.5 Å². The van der Waals surface area contributed by atoms with Gasteiger partial charge in [-0.15, -0.1) is 0 Å². The van der Waals surface area contributed by atoms with E-state index in [0.717, 1.165) is 25.3 Å². The number of unbranched alkanes of at least 4 members (excludes halogenated alkanes) is 6. The maximum Gasteiger partial charge on any atom is 0.257 e. The van der Waals surface area contributed by atoms with E-state index in [-0.39, 0.29) is 5.56 Å². The van der Waals surface area contributed by atoms with Gasteiger partial charge in [0, 0.05) is 6.54 Å². The van der Waals surface area contributed by atoms with Gasteiger partial charge in [-0.25, -0.2) is 8.78 Å². The predicted octanol–water partition coefficient (Wildman–Crippen LogP) is 4.75. The molecule has 0 fully saturated rings. The number of carbonyl (C=O) groups excluding carboxylic acids is 1. The molecule has 0 saturated carbocycles. The van der Waals surface area contributed by atoms with Gasteiger partial charge in [0.15, 0.2) is 0 Å². The fraction of sp³-hybridized carbons (Fsp3) is 0.588. The Labute approximate surface area is 125 Å². The quantitative estimate of drug-likeness (QED) is 0.655. The number of benzene rings is 1. The predicted molar refractivity (Wildman–Crippen MR) is 81.4 cm³/mol. The lowest BCUT2D eigenvalue weighted by atomic mass is 10.1. The molecule has 1 amide bonds. The minimum Gasteiger partial charge on any atom is -0.352 e. The molecule has 0 heterocycles. The summed E-state index contributed by atoms with van der Waals surface area (Å²) in [5, 5.41) is 2.59. The fourth-order valence-electron chi connectivity index (χ4n) is 2.24. The number of nitrogens with one attached hydrogen (secondary N) is 1. The van der Waals surface area contributed by atoms with Gasteiger partial charge in [0.2, 0.25) is 0 Å². The number of hydrogen-bond donors (Lipinski definition) is 1. The first-order valence-corrected chi connectivity index (χ1v) is 7.80. The molecule has 1 rings (SSSR count). The highest BCUT2D eigenvalue weighted by molar-refractivity contribution is 5.94. The van der Waals surface area contributed by atoms with Crippen molar-refractivity contribution < 1.29 is 13.6 Å². The Balaban J connectivity index is 2.30. The number of aryl methyl sites for hydroxylation is 1. The number of amides is 1. The molecule has 0 atom stereocenters. The molecular formula is C17H25F2NO. The summed E-state index contributed by atoms with van der Waals surface area (Å²) in [5.74, 6) is -2.25. The average Bonchev–Trinajstić information content (AvgIpc) is 2.46. The molecule has 0 saturated heterocycles. The molecular weight excluding hydrogens is 272 g/mol. The van der Waals surface area contributed by atoms with Crippen LogP contribution in [0.2, 0.25) is 0 Å². The zero-order chi connectivity index (χ0) is 15.7. The summed E-state index contributed by atoms with van der Waals surface area (Å²) in [6.07, 6.45) is 7.97. The Morgan fingerprint density at radius 1 is 1.05 bits per heavy atom. The van der Waals surface area contributed by atoms with Crippen molar-refractivity contribution in [2.45, 2.75) is 58.8 Å². The van der Waals surface area contributed by atoms with Crippen LogP contribution in [-0.2, 0) is 0 Å². The van der Waals surface area contributed by atoms with Crippen molar-refractivity contribution in [3.05, 3.63) is 34.9 Å². The second kappa shape index (κ2) is 9.48. The molecule has 1 aromatic carbocycles. The summed E-state index contributed by atoms with van der Waals surface area (Å²) in [4.78, 5) is 11.8. The van der Waals surface area contributed by atoms with E-state index in [4.69, 9.17) is 0 Å². The average molecular weight is 297 g/mol. The molecule has 0 aliphatic heterocycles. The van der Waals surface area contributed by atoms with E-state index >= 15 is 0 Å². The minimum absolute atomic E-state index is 0.275. The van der Waals surface area contributed by atoms with Gasteiger partial charge in [-0.05, 0) is 25.0 Å². The number of halogens is 2. The molecule has 0 unspecified atom stereocenters. The molecule has 2 nitrogen and oxygen atoms in total. The largest absolute Gasteiger partial charge is 0.352 e. The highest BCUT2D eigenvalue weighted by Crippen LogP contribution is 2.16. The monoisotopic (exact) mass is 297 g/mol. The van der Waals surface area contributed by atoms with Crippen molar-refractivity contribution >= 4 is 5.91 Å². The third-order valence-electron chi connectivity index (χ3n) is 3.58. The maximum atomic E-state index is 13.8. The van der Waals surface area contributed by atoms with Gasteiger partial charge in [-0.3, -0.25) is 4.79 Å². The zero-order valence-corrected chi connectivity index (χ0v) is 13.0. The first-order valence-electron chi connectivity index (χ1n) is 7.80. The molecule has 118 valence electrons. The summed E-state index contributed by atoms with van der Waals surface area (Å²) in [6.45, 7) is 4.15. The van der Waals surface area contributed by atoms with E-state index in [0.29, 0.717) is 6.54 Å². The molecule has 1 aromatic rings. The zero-order valence-electron chi connectivity index (χ0n) is 13.0. The fourth-order valence-corrected chi connectivity index (χ4v) is 2.24. The highest BCUT2D eigenvalue weighted by Gasteiger charge is 2.18. The molecule has 0 aliphatic rings. The van der Waals surface area contributed by atoms with Crippen molar-refractivity contribution in [1.82, 2.24) is 5.32 Å². The second-order valence-electron chi connectivity index (χ2n) is 5.43. The van der Waals surface area contributed by atoms with Crippen LogP contribution in [0.4, 0.5) is 8.78 Å². The van der Waals surface area contributed by atoms with E-state index < -0.39 is 23.1 Å². The third-order valence-corrected chi connectivity index (χ3v) is 3.58. The lowest BCUT2D eigenvalue weighted by Crippen LogP contribution is -2.26. The van der Waals surface area contributed by atoms with Gasteiger partial charge < -0.3 is 5.32 Å². The van der Waals surface area contributed by atoms with Crippen molar-refractivity contribution in [3.63, 3.8) is 0 Å². The van der Waals surface area contributed by atoms with Gasteiger partial charge in [-0.2, -0.15) is 0 Å². The Morgan fingerprint density at radius 2 is 1.67 bits per heavy atom. The van der Waals surface area contributed by atoms with Gasteiger partial charge in [-0.1, -0.05) is 51.5 Å². The van der Waals surface area contributed by atoms with Crippen LogP contribution in [0.25, 0.3) is 0 Å². The van der Waals surface area contributed by atoms with Crippen LogP contribution in [0.1, 0.15) is 67.8 Å². The molecule has 0 bridgehead atoms. The van der Waals surface area contributed by atoms with Crippen LogP contribution in [0.5, 0.6) is 0 Å². The van der Waals surface area contributed by atoms with E-state index in [1.54, 1.807) is 0 Å². The standard InChI is InChI=1S/C17H25F2NO/c1-3-4-5-6-7-8-9-12-20-17(21)15-14(18)11-10-13(2)16(15)19/h10-11H,3-9,12H2,1-2H3,(H,20,21). The van der Waals surface area contributed by atoms with E-state index in [1.807, 2.05) is 0 Å². The van der Waals surface area contributed by atoms with Crippen molar-refractivity contribution in [2.24, 2.45) is 0 Å². The molecule has 21 heavy (non-hydrogen) atoms. The third kappa shape index (κ3) is 5.82. The first-order chi connectivity index (χ1) is 10.1. The van der Waals surface area contributed by atoms with E-state index in [2.05, 4.69) is 12.2 Å². The lowest BCUT2D eigenvalue weighted by Gasteiger charge is -2.08. The van der Waals surface area contributed by atoms with E-state index in [1.165, 1.54) is 38.7 Å². The second-order valence-corrected chi connectivity index (χ2v) is 5.43. The SMILES string of the molecule is CCCCCCCCCNC(=O)c1c(F)ccc(C)c1F. The molecule has 0 aromatic heterocycles. The summed E-state index contributed by atoms with van der Waals surface area (Å²) in [5.41, 5.74) is -0.199. The first kappa shape index (κ1) is 17.6. The highest BCUT2D eigenvalue weighted by atomic mass is 19.1. The van der Waals surface area contributed by atoms with Crippen molar-refractivity contribution in [1.29, 1.82) is 0 Å². The summed E-state index contributed by atoms with van der Waals surface area (Å²) < 4.78 is 27.3. The molecule has 0 spiro atoms. The number of carbonyl (C=O) groups is 1. The minimum atomic E-state index is -0.810. The van der Waals surface area contributed by atoms with Crippen molar-refractivity contribution in [3.8, 4) is 0 Å². The van der Waals surface area contributed by atoms with Crippen LogP contribution < -0.4 is 5.32 Å². The number of hydrogen-bond acceptors (Lipinski definition) is 1. The smallest absolute Gasteiger partial charge is 0.257 e. The summed E-state index contributed by atoms with van der Waals surface area (Å²) in [7, 11) is 0. The Morgan fingerprint density at radius 3 is 2.33 bits per heavy atom. The van der Waals surface area contributed by atoms with Gasteiger partial charge in [0.05, 0.1) is 0 Å². The molecule has 0 aliphatic carbocycles. The van der Waals surface area contributed by atoms with Crippen LogP contribution >= 0.6 is 0 Å². The van der Waals surface area contributed by atoms with Gasteiger partial charge in [0.1, 0.15) is 17.2 Å². The van der Waals surface area contributed by atoms with Crippen LogP contribution in [0, 0.1) is 18.6 Å². The maximum absolute atomic E-state index is 13.8. The Bertz CT molecular complexity index is 460. The van der Waals surface area contributed by atoms with Crippen molar-refractivity contribution in [2.75, 3.05) is 6.54 Å². The summed E-state index contributed by atoms with van der Waals surface area (Å²) in [6, 6.07) is 2.46. The Hall–Kier alpha value is -1.45. The lowest BCUT2D eigenvalue weighted by molar-refractivity contribution is 0.0944. The van der Waals surface area contributed by atoms with Crippen LogP contribution in [0.3, 0.4) is 0 Å². The van der Waals surface area contributed by atoms with Crippen LogP contribution in [0.15, 0.2) is 12.1 Å². The molecule has 1 N–H and O–H groups in total. The normalized spacial score (nSPS) is 10.7. The Kier molecular flexibility index (Phi) is 7.95. The molecule has 0 radical (unpaired) electrons. The topological polar surface area (TPSA) is 29.1 Å². The summed E-state index contributed by atoms with van der Waals surface area (Å²) >= 11 is 0. The van der Waals surface area contributed by atoms with Gasteiger partial charge >= 0.3 is 0 Å². The van der Waals surface area contributed by atoms with E-state index in [9.17, 15) is 13.6 Å². The molecule has 4 heteroatoms.